The third-order valence-corrected chi connectivity index (χ3v) is 49.2. The summed E-state index contributed by atoms with van der Waals surface area (Å²) in [5, 5.41) is 0. The smallest absolute Gasteiger partial charge is 0.0303 e. The molecule has 0 aromatic carbocycles. The zero-order chi connectivity index (χ0) is 30.8. The third kappa shape index (κ3) is 0.373. The van der Waals surface area contributed by atoms with Crippen LogP contribution >= 0.6 is 0 Å². The fourth-order valence-corrected chi connectivity index (χ4v) is 63.3. The van der Waals surface area contributed by atoms with Crippen LogP contribution in [-0.2, 0) is 0 Å². The van der Waals surface area contributed by atoms with Gasteiger partial charge in [0, 0.05) is 16.4 Å². The van der Waals surface area contributed by atoms with Crippen LogP contribution in [0.5, 0.6) is 0 Å². The molecule has 0 saturated heterocycles. The van der Waals surface area contributed by atoms with Crippen LogP contribution in [0.2, 0.25) is 0 Å². The molecule has 41 saturated carbocycles. The SMILES string of the molecule is NC12C3C4C5C6C7C8C9C%10C%11C%12C%13C%14CC%15C%16C%17CC%18C%19C%20C%21C%22C%23C%24C%25C4C34C%253C%24%25C%23%24C%22%23C%21%22C%20%21C%19%20C%17%18C%16%17C%15%14C%13%14C%12%13C%11%12C%10%11C9%10C89C78C6(C51)C24C38C%259C%24%10C%23%11C%22%12C%21%13C%17%20%14. The van der Waals surface area contributed by atoms with Crippen LogP contribution < -0.4 is 5.73 Å². The molecule has 0 heterocycles. The van der Waals surface area contributed by atoms with Crippen LogP contribution in [0.15, 0.2) is 0 Å². The minimum absolute atomic E-state index is 0.464. The highest BCUT2D eigenvalue weighted by Crippen LogP contribution is 3.71. The second-order valence-corrected chi connectivity index (χ2v) is 36.5. The van der Waals surface area contributed by atoms with E-state index in [0.29, 0.717) is 5.54 Å². The van der Waals surface area contributed by atoms with Gasteiger partial charge in [0.15, 0.2) is 0 Å². The van der Waals surface area contributed by atoms with Gasteiger partial charge in [0.1, 0.15) is 0 Å². The minimum Gasteiger partial charge on any atom is -0.324 e. The number of hydrogen-bond acceptors (Lipinski definition) is 1. The molecule has 0 bridgehead atoms. The van der Waals surface area contributed by atoms with Crippen molar-refractivity contribution in [3.05, 3.63) is 0 Å². The first-order chi connectivity index (χ1) is 27.8. The predicted octanol–water partition coefficient (Wildman–Crippen LogP) is 3.06. The van der Waals surface area contributed by atoms with Crippen LogP contribution in [-0.4, -0.2) is 5.54 Å². The van der Waals surface area contributed by atoms with Gasteiger partial charge in [0.2, 0.25) is 0 Å². The number of rotatable bonds is 0. The van der Waals surface area contributed by atoms with E-state index in [9.17, 15) is 0 Å². The number of nitrogens with two attached hydrogens (primary N) is 1. The molecule has 42 atom stereocenters. The average Bonchev–Trinajstić information content (AvgIpc) is 3.09. The molecule has 0 amide bonds. The molecule has 1 nitrogen and oxygen atoms in total. The van der Waals surface area contributed by atoms with Gasteiger partial charge in [-0.1, -0.05) is 0 Å². The maximum absolute atomic E-state index is 8.44. The molecule has 56 heavy (non-hydrogen) atoms. The Kier molecular flexibility index (Phi) is 0.874. The van der Waals surface area contributed by atoms with Gasteiger partial charge in [-0.3, -0.25) is 0 Å². The number of hydrogen-bond donors (Lipinski definition) is 1. The normalized spacial score (nSPS) is 145. The van der Waals surface area contributed by atoms with Crippen molar-refractivity contribution in [2.75, 3.05) is 0 Å². The second kappa shape index (κ2) is 2.67. The van der Waals surface area contributed by atoms with Crippen molar-refractivity contribution < 1.29 is 0 Å². The first-order valence-electron chi connectivity index (χ1n) is 27.6. The van der Waals surface area contributed by atoms with Gasteiger partial charge >= 0.3 is 0 Å². The summed E-state index contributed by atoms with van der Waals surface area (Å²) in [6.07, 6.45) is 3.68. The van der Waals surface area contributed by atoms with Crippen LogP contribution in [0.1, 0.15) is 12.8 Å². The highest BCUT2D eigenvalue weighted by Gasteiger charge is 3.70. The summed E-state index contributed by atoms with van der Waals surface area (Å²) >= 11 is 0. The molecule has 2 N–H and O–H groups in total. The van der Waals surface area contributed by atoms with Gasteiger partial charge in [0.05, 0.1) is 0 Å². The molecule has 0 radical (unpaired) electrons. The van der Waals surface area contributed by atoms with E-state index in [1.54, 1.807) is 0 Å². The summed E-state index contributed by atoms with van der Waals surface area (Å²) in [6.45, 7) is 0. The molecule has 41 fully saturated rings. The Morgan fingerprint density at radius 3 is 0.982 bits per heavy atom. The van der Waals surface area contributed by atoms with Gasteiger partial charge in [-0.25, -0.2) is 0 Å². The first kappa shape index (κ1) is 18.4. The Balaban J connectivity index is 0.782. The van der Waals surface area contributed by atoms with E-state index in [4.69, 9.17) is 5.73 Å². The Morgan fingerprint density at radius 2 is 0.554 bits per heavy atom. The highest BCUT2D eigenvalue weighted by atomic mass is 15.7. The summed E-state index contributed by atoms with van der Waals surface area (Å²) in [4.78, 5) is 0. The monoisotopic (exact) mass is 705 g/mol. The Labute approximate surface area is 317 Å². The second-order valence-electron chi connectivity index (χ2n) is 36.5. The van der Waals surface area contributed by atoms with Crippen LogP contribution in [0.4, 0.5) is 0 Å². The zero-order valence-corrected chi connectivity index (χ0v) is 30.4. The van der Waals surface area contributed by atoms with Crippen molar-refractivity contribution in [1.82, 2.24) is 0 Å². The summed E-state index contributed by atoms with van der Waals surface area (Å²) < 4.78 is 0. The van der Waals surface area contributed by atoms with E-state index in [1.807, 2.05) is 12.8 Å². The van der Waals surface area contributed by atoms with Gasteiger partial charge in [-0.05, 0) is 296 Å². The van der Waals surface area contributed by atoms with E-state index < -0.39 is 0 Å². The van der Waals surface area contributed by atoms with Gasteiger partial charge < -0.3 is 5.73 Å². The Morgan fingerprint density at radius 1 is 0.250 bits per heavy atom. The minimum atomic E-state index is 0.464. The lowest BCUT2D eigenvalue weighted by atomic mass is 8.35. The summed E-state index contributed by atoms with van der Waals surface area (Å²) in [5.41, 5.74) is 37.9. The van der Waals surface area contributed by atoms with E-state index in [-0.39, 0.29) is 0 Å². The maximum Gasteiger partial charge on any atom is 0.0303 e. The summed E-state index contributed by atoms with van der Waals surface area (Å²) in [7, 11) is 0. The average molecular weight is 706 g/mol. The number of fused-ring (bicyclic) bond motifs is 21. The molecular formula is C55H31N. The fourth-order valence-electron chi connectivity index (χ4n) is 63.3. The maximum atomic E-state index is 8.44. The largest absolute Gasteiger partial charge is 0.324 e. The standard InChI is InChI=1S/C55H31N/c56-32-26-7-8-13-17-21-25-23-19-15-11-6-2-4-9-3-1-5-10-14-18-22-24-20-16-12(7)30(26)36(16)40(20)44(24)46(22)42(18)38(14)34(10)28(3,5)33(9)29(4,6)35(11)39(15)43(19)47(23)45(25)41(21)37(17)31(13,27(8)32)48(30,32)50(36,37)52(40,41)54(44,45)55(46,47)53(42,43)51(38,39)49(33,34)35/h3-27H,1-2,56H2. The van der Waals surface area contributed by atoms with Crippen molar-refractivity contribution in [3.63, 3.8) is 0 Å². The van der Waals surface area contributed by atoms with Gasteiger partial charge in [-0.2, -0.15) is 0 Å². The predicted molar refractivity (Wildman–Crippen MR) is 169 cm³/mol. The van der Waals surface area contributed by atoms with E-state index in [2.05, 4.69) is 0 Å². The van der Waals surface area contributed by atoms with Crippen molar-refractivity contribution in [1.29, 1.82) is 0 Å². The topological polar surface area (TPSA) is 26.0 Å². The molecule has 0 aliphatic heterocycles. The molecule has 27 spiro atoms. The molecule has 0 aromatic rings. The van der Waals surface area contributed by atoms with Gasteiger partial charge in [-0.15, -0.1) is 0 Å². The van der Waals surface area contributed by atoms with E-state index in [0.717, 1.165) is 158 Å². The molecule has 1 heteroatoms. The summed E-state index contributed by atoms with van der Waals surface area (Å²) in [6, 6.07) is 0. The van der Waals surface area contributed by atoms with Crippen molar-refractivity contribution in [2.24, 2.45) is 300 Å². The van der Waals surface area contributed by atoms with Gasteiger partial charge in [0.25, 0.3) is 0 Å². The molecule has 42 unspecified atom stereocenters. The first-order valence-corrected chi connectivity index (χ1v) is 27.6. The fraction of sp³-hybridized carbons (Fsp3) is 1.00. The quantitative estimate of drug-likeness (QED) is 0.413. The van der Waals surface area contributed by atoms with Crippen molar-refractivity contribution >= 4 is 0 Å². The van der Waals surface area contributed by atoms with Crippen LogP contribution in [0, 0.1) is 294 Å². The Bertz CT molecular complexity index is 3670. The highest BCUT2D eigenvalue weighted by molar-refractivity contribution is 6.15. The molecule has 41 aliphatic rings. The molecule has 0 aromatic heterocycles. The lowest BCUT2D eigenvalue weighted by Gasteiger charge is -3.67. The van der Waals surface area contributed by atoms with E-state index >= 15 is 0 Å². The van der Waals surface area contributed by atoms with Crippen LogP contribution in [0.3, 0.4) is 0 Å². The van der Waals surface area contributed by atoms with Crippen molar-refractivity contribution in [3.8, 4) is 0 Å². The molecule has 41 rings (SSSR count). The summed E-state index contributed by atoms with van der Waals surface area (Å²) in [5.74, 6) is 33.8. The van der Waals surface area contributed by atoms with E-state index in [1.165, 1.54) is 136 Å². The molecule has 41 aliphatic carbocycles. The zero-order valence-electron chi connectivity index (χ0n) is 30.4. The lowest BCUT2D eigenvalue weighted by molar-refractivity contribution is -1.23. The van der Waals surface area contributed by atoms with Crippen molar-refractivity contribution in [2.45, 2.75) is 18.4 Å². The van der Waals surface area contributed by atoms with Crippen LogP contribution in [0.25, 0.3) is 0 Å². The lowest BCUT2D eigenvalue weighted by Crippen LogP contribution is -3.66. The molecular weight excluding hydrogens is 675 g/mol. The third-order valence-electron chi connectivity index (χ3n) is 49.2. The Hall–Kier alpha value is -0.0400. The molecule has 256 valence electrons.